The Morgan fingerprint density at radius 2 is 1.88 bits per heavy atom. The van der Waals surface area contributed by atoms with Gasteiger partial charge in [0.25, 0.3) is 0 Å². The molecule has 0 saturated carbocycles. The van der Waals surface area contributed by atoms with Crippen LogP contribution < -0.4 is 9.47 Å². The van der Waals surface area contributed by atoms with Crippen LogP contribution in [0.1, 0.15) is 31.4 Å². The van der Waals surface area contributed by atoms with Crippen molar-refractivity contribution in [2.75, 3.05) is 13.2 Å². The van der Waals surface area contributed by atoms with Crippen LogP contribution in [0.15, 0.2) is 16.8 Å². The quantitative estimate of drug-likeness (QED) is 0.294. The van der Waals surface area contributed by atoms with E-state index in [4.69, 9.17) is 9.47 Å². The van der Waals surface area contributed by atoms with Gasteiger partial charge in [-0.1, -0.05) is 41.7 Å². The first kappa shape index (κ1) is 22.0. The van der Waals surface area contributed by atoms with Crippen molar-refractivity contribution in [1.82, 2.24) is 0 Å². The summed E-state index contributed by atoms with van der Waals surface area (Å²) in [5, 5.41) is 4.24. The van der Waals surface area contributed by atoms with Crippen molar-refractivity contribution in [2.45, 2.75) is 33.6 Å². The molecule has 26 heavy (non-hydrogen) atoms. The van der Waals surface area contributed by atoms with Crippen molar-refractivity contribution in [2.24, 2.45) is 0 Å². The van der Waals surface area contributed by atoms with Crippen LogP contribution in [0.5, 0.6) is 11.5 Å². The SMILES string of the molecule is CC.[CH2-]CCc1[c-]c(-c2sc(-c3scc4c3OCCO4)cc2C)sc1.[U+2]. The first-order valence-electron chi connectivity index (χ1n) is 8.53. The van der Waals surface area contributed by atoms with Crippen LogP contribution in [0.3, 0.4) is 0 Å². The first-order chi connectivity index (χ1) is 12.3. The van der Waals surface area contributed by atoms with Gasteiger partial charge in [0.1, 0.15) is 13.2 Å². The normalized spacial score (nSPS) is 12.2. The number of aryl methyl sites for hydroxylation is 2. The van der Waals surface area contributed by atoms with Crippen LogP contribution in [-0.4, -0.2) is 13.2 Å². The molecule has 0 N–H and O–H groups in total. The van der Waals surface area contributed by atoms with Gasteiger partial charge in [-0.25, -0.2) is 22.7 Å². The molecular formula is C20H22O2S3U. The van der Waals surface area contributed by atoms with Gasteiger partial charge in [-0.05, 0) is 6.92 Å². The van der Waals surface area contributed by atoms with E-state index in [0.717, 1.165) is 24.3 Å². The van der Waals surface area contributed by atoms with Crippen LogP contribution >= 0.6 is 34.0 Å². The molecule has 1 aliphatic rings. The molecule has 0 unspecified atom stereocenters. The standard InChI is InChI=1S/C18H16O2S3.C2H6.U/c1-3-4-12-8-14(21-9-12)17-11(2)7-15(23-17)18-16-13(10-22-18)19-5-6-20-16;1-2;/h7,9-10H,1,3-6H2,2H3;1-2H3;/q-2;;+2. The maximum Gasteiger partial charge on any atom is 2.00 e. The van der Waals surface area contributed by atoms with E-state index in [-0.39, 0.29) is 31.1 Å². The average molecular weight is 629 g/mol. The summed E-state index contributed by atoms with van der Waals surface area (Å²) in [5.74, 6) is 1.78. The summed E-state index contributed by atoms with van der Waals surface area (Å²) >= 11 is 5.28. The fourth-order valence-electron chi connectivity index (χ4n) is 2.61. The van der Waals surface area contributed by atoms with Crippen LogP contribution in [-0.2, 0) is 6.42 Å². The maximum atomic E-state index is 5.82. The Morgan fingerprint density at radius 3 is 2.65 bits per heavy atom. The predicted octanol–water partition coefficient (Wildman–Crippen LogP) is 6.88. The summed E-state index contributed by atoms with van der Waals surface area (Å²) in [6.07, 6.45) is 1.91. The maximum absolute atomic E-state index is 5.82. The zero-order chi connectivity index (χ0) is 17.8. The molecule has 1 aliphatic heterocycles. The van der Waals surface area contributed by atoms with Crippen molar-refractivity contribution in [3.63, 3.8) is 0 Å². The van der Waals surface area contributed by atoms with E-state index in [1.54, 1.807) is 22.7 Å². The molecule has 0 amide bonds. The number of hydrogen-bond donors (Lipinski definition) is 0. The molecule has 3 aromatic rings. The van der Waals surface area contributed by atoms with Crippen LogP contribution in [0.25, 0.3) is 19.5 Å². The van der Waals surface area contributed by atoms with Crippen molar-refractivity contribution in [1.29, 1.82) is 0 Å². The topological polar surface area (TPSA) is 18.5 Å². The number of rotatable bonds is 4. The minimum absolute atomic E-state index is 0. The van der Waals surface area contributed by atoms with E-state index >= 15 is 0 Å². The monoisotopic (exact) mass is 628 g/mol. The molecule has 3 aromatic heterocycles. The van der Waals surface area contributed by atoms with Gasteiger partial charge in [0.2, 0.25) is 0 Å². The van der Waals surface area contributed by atoms with E-state index in [2.05, 4.69) is 31.4 Å². The fourth-order valence-corrected chi connectivity index (χ4v) is 5.89. The minimum Gasteiger partial charge on any atom is -0.485 e. The molecule has 0 aromatic carbocycles. The molecule has 136 valence electrons. The molecule has 6 heteroatoms. The molecule has 0 atom stereocenters. The van der Waals surface area contributed by atoms with Gasteiger partial charge in [0.15, 0.2) is 11.5 Å². The van der Waals surface area contributed by atoms with Gasteiger partial charge in [0.05, 0.1) is 4.88 Å². The smallest absolute Gasteiger partial charge is 0.485 e. The molecule has 0 spiro atoms. The second-order valence-electron chi connectivity index (χ2n) is 5.40. The molecular weight excluding hydrogens is 606 g/mol. The van der Waals surface area contributed by atoms with Crippen LogP contribution in [0.2, 0.25) is 0 Å². The summed E-state index contributed by atoms with van der Waals surface area (Å²) in [6.45, 7) is 11.4. The molecule has 0 fully saturated rings. The van der Waals surface area contributed by atoms with E-state index in [1.165, 1.54) is 30.6 Å². The summed E-state index contributed by atoms with van der Waals surface area (Å²) in [6, 6.07) is 5.78. The number of ether oxygens (including phenoxy) is 2. The molecule has 4 rings (SSSR count). The second kappa shape index (κ2) is 10.3. The van der Waals surface area contributed by atoms with Gasteiger partial charge >= 0.3 is 31.1 Å². The Balaban J connectivity index is 0.000000784. The van der Waals surface area contributed by atoms with Gasteiger partial charge in [-0.3, -0.25) is 0 Å². The second-order valence-corrected chi connectivity index (χ2v) is 8.21. The van der Waals surface area contributed by atoms with Gasteiger partial charge in [-0.15, -0.1) is 16.7 Å². The number of thiophene rings is 3. The van der Waals surface area contributed by atoms with Gasteiger partial charge < -0.3 is 16.4 Å². The van der Waals surface area contributed by atoms with Crippen LogP contribution in [0.4, 0.5) is 0 Å². The largest absolute Gasteiger partial charge is 2.00 e. The molecule has 4 heterocycles. The molecule has 0 radical (unpaired) electrons. The Kier molecular flexibility index (Phi) is 8.77. The van der Waals surface area contributed by atoms with Crippen LogP contribution in [0, 0.1) is 51.0 Å². The van der Waals surface area contributed by atoms with Crippen molar-refractivity contribution in [3.8, 4) is 31.0 Å². The predicted molar refractivity (Wildman–Crippen MR) is 111 cm³/mol. The zero-order valence-electron chi connectivity index (χ0n) is 15.3. The van der Waals surface area contributed by atoms with Gasteiger partial charge in [0, 0.05) is 10.3 Å². The summed E-state index contributed by atoms with van der Waals surface area (Å²) in [7, 11) is 0. The van der Waals surface area contributed by atoms with E-state index in [1.807, 2.05) is 30.6 Å². The Bertz CT molecular complexity index is 832. The fraction of sp³-hybridized carbons (Fsp3) is 0.350. The summed E-state index contributed by atoms with van der Waals surface area (Å²) in [5.41, 5.74) is 2.56. The minimum atomic E-state index is 0. The first-order valence-corrected chi connectivity index (χ1v) is 11.1. The van der Waals surface area contributed by atoms with E-state index in [0.29, 0.717) is 13.2 Å². The summed E-state index contributed by atoms with van der Waals surface area (Å²) < 4.78 is 11.5. The third-order valence-corrected chi connectivity index (χ3v) is 7.14. The van der Waals surface area contributed by atoms with E-state index < -0.39 is 0 Å². The molecule has 0 saturated heterocycles. The molecule has 2 nitrogen and oxygen atoms in total. The zero-order valence-corrected chi connectivity index (χ0v) is 21.9. The molecule has 0 aliphatic carbocycles. The van der Waals surface area contributed by atoms with Crippen molar-refractivity contribution < 1.29 is 40.6 Å². The Morgan fingerprint density at radius 1 is 1.12 bits per heavy atom. The Labute approximate surface area is 191 Å². The number of fused-ring (bicyclic) bond motifs is 1. The summed E-state index contributed by atoms with van der Waals surface area (Å²) in [4.78, 5) is 4.95. The average Bonchev–Trinajstić information content (AvgIpc) is 3.35. The molecule has 0 bridgehead atoms. The van der Waals surface area contributed by atoms with Gasteiger partial charge in [-0.2, -0.15) is 18.1 Å². The van der Waals surface area contributed by atoms with Crippen molar-refractivity contribution >= 4 is 34.0 Å². The van der Waals surface area contributed by atoms with Crippen molar-refractivity contribution in [3.05, 3.63) is 40.9 Å². The number of hydrogen-bond acceptors (Lipinski definition) is 5. The Hall–Kier alpha value is -0.248. The third-order valence-electron chi connectivity index (χ3n) is 3.69. The van der Waals surface area contributed by atoms with E-state index in [9.17, 15) is 0 Å². The third kappa shape index (κ3) is 4.59.